The maximum Gasteiger partial charge on any atom is 0.00217 e. The highest BCUT2D eigenvalue weighted by atomic mass is 32.2. The second-order valence-electron chi connectivity index (χ2n) is 2.33. The Balaban J connectivity index is 2.26. The van der Waals surface area contributed by atoms with E-state index in [1.165, 1.54) is 12.8 Å². The first-order chi connectivity index (χ1) is 3.29. The Hall–Kier alpha value is 0.350. The van der Waals surface area contributed by atoms with Crippen molar-refractivity contribution in [3.63, 3.8) is 0 Å². The average Bonchev–Trinajstić information content (AvgIpc) is 1.87. The highest BCUT2D eigenvalue weighted by Crippen LogP contribution is 2.32. The molecular weight excluding hydrogens is 104 g/mol. The van der Waals surface area contributed by atoms with Gasteiger partial charge in [0.15, 0.2) is 0 Å². The van der Waals surface area contributed by atoms with Gasteiger partial charge in [-0.2, -0.15) is 11.8 Å². The summed E-state index contributed by atoms with van der Waals surface area (Å²) in [5, 5.41) is 1.88. The molecule has 0 aromatic rings. The Morgan fingerprint density at radius 3 is 1.71 bits per heavy atom. The van der Waals surface area contributed by atoms with Crippen LogP contribution in [0.2, 0.25) is 0 Å². The van der Waals surface area contributed by atoms with Gasteiger partial charge in [0, 0.05) is 10.5 Å². The van der Waals surface area contributed by atoms with Crippen LogP contribution in [0.1, 0.15) is 26.7 Å². The topological polar surface area (TPSA) is 0 Å². The van der Waals surface area contributed by atoms with E-state index in [0.717, 1.165) is 10.5 Å². The molecule has 0 aromatic heterocycles. The summed E-state index contributed by atoms with van der Waals surface area (Å²) >= 11 is 2.12. The summed E-state index contributed by atoms with van der Waals surface area (Å²) < 4.78 is 0. The molecule has 1 fully saturated rings. The molecule has 0 aliphatic carbocycles. The Morgan fingerprint density at radius 1 is 1.14 bits per heavy atom. The minimum absolute atomic E-state index is 0.940. The van der Waals surface area contributed by atoms with Gasteiger partial charge in [0.1, 0.15) is 0 Å². The molecule has 0 nitrogen and oxygen atoms in total. The van der Waals surface area contributed by atoms with Crippen LogP contribution in [0, 0.1) is 0 Å². The molecule has 0 saturated carbocycles. The first kappa shape index (κ1) is 5.49. The van der Waals surface area contributed by atoms with Gasteiger partial charge < -0.3 is 0 Å². The Bertz CT molecular complexity index is 53.2. The molecule has 1 aliphatic heterocycles. The van der Waals surface area contributed by atoms with Crippen molar-refractivity contribution in [1.82, 2.24) is 0 Å². The van der Waals surface area contributed by atoms with Crippen LogP contribution < -0.4 is 0 Å². The molecule has 1 saturated heterocycles. The smallest absolute Gasteiger partial charge is 0.00217 e. The van der Waals surface area contributed by atoms with Gasteiger partial charge in [0.2, 0.25) is 0 Å². The molecule has 1 heterocycles. The number of hydrogen-bond donors (Lipinski definition) is 0. The molecule has 0 spiro atoms. The van der Waals surface area contributed by atoms with Crippen molar-refractivity contribution in [2.45, 2.75) is 37.2 Å². The van der Waals surface area contributed by atoms with E-state index in [1.54, 1.807) is 0 Å². The monoisotopic (exact) mass is 116 g/mol. The minimum atomic E-state index is 0.940. The lowest BCUT2D eigenvalue weighted by molar-refractivity contribution is 0.777. The molecule has 1 aliphatic rings. The number of hydrogen-bond acceptors (Lipinski definition) is 1. The van der Waals surface area contributed by atoms with Gasteiger partial charge >= 0.3 is 0 Å². The lowest BCUT2D eigenvalue weighted by atomic mass is 10.2. The normalized spacial score (nSPS) is 42.0. The van der Waals surface area contributed by atoms with Crippen molar-refractivity contribution in [3.8, 4) is 0 Å². The van der Waals surface area contributed by atoms with E-state index >= 15 is 0 Å². The minimum Gasteiger partial charge on any atom is -0.156 e. The third-order valence-corrected chi connectivity index (χ3v) is 2.84. The molecule has 1 rings (SSSR count). The summed E-state index contributed by atoms with van der Waals surface area (Å²) in [6.07, 6.45) is 2.87. The molecule has 0 bridgehead atoms. The van der Waals surface area contributed by atoms with Gasteiger partial charge in [-0.05, 0) is 12.8 Å². The first-order valence-electron chi connectivity index (χ1n) is 2.94. The second kappa shape index (κ2) is 2.08. The molecule has 7 heavy (non-hydrogen) atoms. The zero-order valence-corrected chi connectivity index (χ0v) is 5.79. The lowest BCUT2D eigenvalue weighted by Crippen LogP contribution is -1.84. The van der Waals surface area contributed by atoms with Crippen molar-refractivity contribution in [1.29, 1.82) is 0 Å². The predicted molar refractivity (Wildman–Crippen MR) is 35.7 cm³/mol. The third-order valence-electron chi connectivity index (χ3n) is 1.44. The number of thioether (sulfide) groups is 1. The summed E-state index contributed by atoms with van der Waals surface area (Å²) in [7, 11) is 0. The zero-order chi connectivity index (χ0) is 5.28. The largest absolute Gasteiger partial charge is 0.156 e. The fraction of sp³-hybridized carbons (Fsp3) is 1.00. The molecule has 0 radical (unpaired) electrons. The van der Waals surface area contributed by atoms with E-state index in [1.807, 2.05) is 0 Å². The molecule has 0 amide bonds. The summed E-state index contributed by atoms with van der Waals surface area (Å²) in [4.78, 5) is 0. The van der Waals surface area contributed by atoms with Gasteiger partial charge in [0.05, 0.1) is 0 Å². The van der Waals surface area contributed by atoms with Crippen LogP contribution in [-0.4, -0.2) is 10.5 Å². The van der Waals surface area contributed by atoms with Crippen LogP contribution in [0.3, 0.4) is 0 Å². The van der Waals surface area contributed by atoms with Gasteiger partial charge in [-0.15, -0.1) is 0 Å². The van der Waals surface area contributed by atoms with Crippen LogP contribution in [0.25, 0.3) is 0 Å². The molecule has 42 valence electrons. The third kappa shape index (κ3) is 1.37. The first-order valence-corrected chi connectivity index (χ1v) is 3.89. The number of rotatable bonds is 0. The van der Waals surface area contributed by atoms with Gasteiger partial charge in [0.25, 0.3) is 0 Å². The highest BCUT2D eigenvalue weighted by Gasteiger charge is 2.16. The standard InChI is InChI=1S/C6H12S/c1-5-3-4-6(2)7-5/h5-6H,3-4H2,1-2H3/t5-,6+. The summed E-state index contributed by atoms with van der Waals surface area (Å²) in [6.45, 7) is 4.63. The second-order valence-corrected chi connectivity index (χ2v) is 4.22. The van der Waals surface area contributed by atoms with Crippen molar-refractivity contribution in [2.24, 2.45) is 0 Å². The van der Waals surface area contributed by atoms with Crippen LogP contribution in [-0.2, 0) is 0 Å². The van der Waals surface area contributed by atoms with Gasteiger partial charge in [-0.3, -0.25) is 0 Å². The maximum absolute atomic E-state index is 2.31. The molecule has 0 aromatic carbocycles. The van der Waals surface area contributed by atoms with Crippen LogP contribution >= 0.6 is 11.8 Å². The van der Waals surface area contributed by atoms with Crippen LogP contribution in [0.5, 0.6) is 0 Å². The molecule has 1 heteroatoms. The molecule has 0 N–H and O–H groups in total. The Morgan fingerprint density at radius 2 is 1.57 bits per heavy atom. The summed E-state index contributed by atoms with van der Waals surface area (Å²) in [6, 6.07) is 0. The zero-order valence-electron chi connectivity index (χ0n) is 4.98. The maximum atomic E-state index is 2.31. The van der Waals surface area contributed by atoms with E-state index in [-0.39, 0.29) is 0 Å². The van der Waals surface area contributed by atoms with Crippen LogP contribution in [0.4, 0.5) is 0 Å². The summed E-state index contributed by atoms with van der Waals surface area (Å²) in [5.41, 5.74) is 0. The molecule has 2 atom stereocenters. The van der Waals surface area contributed by atoms with Gasteiger partial charge in [-0.25, -0.2) is 0 Å². The van der Waals surface area contributed by atoms with E-state index in [2.05, 4.69) is 25.6 Å². The Labute approximate surface area is 49.7 Å². The van der Waals surface area contributed by atoms with E-state index in [0.29, 0.717) is 0 Å². The van der Waals surface area contributed by atoms with Crippen LogP contribution in [0.15, 0.2) is 0 Å². The van der Waals surface area contributed by atoms with E-state index < -0.39 is 0 Å². The summed E-state index contributed by atoms with van der Waals surface area (Å²) in [5.74, 6) is 0. The quantitative estimate of drug-likeness (QED) is 0.468. The molecular formula is C6H12S. The fourth-order valence-electron chi connectivity index (χ4n) is 1.00. The van der Waals surface area contributed by atoms with Gasteiger partial charge in [-0.1, -0.05) is 13.8 Å². The van der Waals surface area contributed by atoms with Crippen molar-refractivity contribution in [3.05, 3.63) is 0 Å². The van der Waals surface area contributed by atoms with Crippen molar-refractivity contribution in [2.75, 3.05) is 0 Å². The van der Waals surface area contributed by atoms with E-state index in [9.17, 15) is 0 Å². The Kier molecular flexibility index (Phi) is 1.63. The predicted octanol–water partition coefficient (Wildman–Crippen LogP) is 2.29. The van der Waals surface area contributed by atoms with E-state index in [4.69, 9.17) is 0 Å². The average molecular weight is 116 g/mol. The lowest BCUT2D eigenvalue weighted by Gasteiger charge is -1.97. The van der Waals surface area contributed by atoms with Crippen molar-refractivity contribution >= 4 is 11.8 Å². The molecule has 0 unspecified atom stereocenters. The highest BCUT2D eigenvalue weighted by molar-refractivity contribution is 8.00. The van der Waals surface area contributed by atoms with Crippen molar-refractivity contribution < 1.29 is 0 Å². The fourth-order valence-corrected chi connectivity index (χ4v) is 2.34. The SMILES string of the molecule is C[C@@H]1CC[C@H](C)S1.